The number of aromatic nitrogens is 1. The molecule has 1 aliphatic rings. The van der Waals surface area contributed by atoms with Crippen LogP contribution in [0.5, 0.6) is 0 Å². The van der Waals surface area contributed by atoms with Gasteiger partial charge in [-0.15, -0.1) is 11.3 Å². The summed E-state index contributed by atoms with van der Waals surface area (Å²) in [5, 5.41) is 12.0. The summed E-state index contributed by atoms with van der Waals surface area (Å²) < 4.78 is 29.0. The van der Waals surface area contributed by atoms with Crippen molar-refractivity contribution < 1.29 is 23.5 Å². The molecule has 0 unspecified atom stereocenters. The Hall–Kier alpha value is -3.39. The molecule has 36 heavy (non-hydrogen) atoms. The third-order valence-corrected chi connectivity index (χ3v) is 7.26. The normalized spacial score (nSPS) is 13.2. The van der Waals surface area contributed by atoms with Gasteiger partial charge >= 0.3 is 5.97 Å². The van der Waals surface area contributed by atoms with E-state index in [4.69, 9.17) is 5.11 Å². The first kappa shape index (κ1) is 25.7. The number of nitrogens with one attached hydrogen (secondary N) is 1. The molecule has 1 amide bonds. The van der Waals surface area contributed by atoms with Crippen LogP contribution in [-0.4, -0.2) is 22.0 Å². The third-order valence-electron chi connectivity index (χ3n) is 6.23. The third kappa shape index (κ3) is 5.54. The average Bonchev–Trinajstić information content (AvgIpc) is 3.22. The maximum Gasteiger partial charge on any atom is 0.331 e. The lowest BCUT2D eigenvalue weighted by Gasteiger charge is -2.22. The minimum absolute atomic E-state index is 0.215. The Labute approximate surface area is 212 Å². The molecular weight excluding hydrogens is 482 g/mol. The average molecular weight is 511 g/mol. The number of thiazole rings is 1. The van der Waals surface area contributed by atoms with E-state index in [9.17, 15) is 18.4 Å². The molecule has 4 rings (SSSR count). The number of hydrogen-bond donors (Lipinski definition) is 2. The predicted molar refractivity (Wildman–Crippen MR) is 138 cm³/mol. The van der Waals surface area contributed by atoms with Crippen LogP contribution in [0.4, 0.5) is 13.9 Å². The lowest BCUT2D eigenvalue weighted by molar-refractivity contribution is -0.132. The number of hydrogen-bond acceptors (Lipinski definition) is 4. The molecule has 2 aromatic carbocycles. The van der Waals surface area contributed by atoms with Gasteiger partial charge in [-0.05, 0) is 67.4 Å². The molecule has 0 saturated carbocycles. The molecule has 3 aromatic rings. The van der Waals surface area contributed by atoms with Crippen LogP contribution in [0.25, 0.3) is 17.3 Å². The van der Waals surface area contributed by atoms with Crippen molar-refractivity contribution in [2.24, 2.45) is 5.41 Å². The lowest BCUT2D eigenvalue weighted by Crippen LogP contribution is -2.13. The molecule has 1 heterocycles. The van der Waals surface area contributed by atoms with Gasteiger partial charge in [0.05, 0.1) is 5.69 Å². The lowest BCUT2D eigenvalue weighted by atomic mass is 9.84. The Morgan fingerprint density at radius 3 is 2.50 bits per heavy atom. The van der Waals surface area contributed by atoms with Crippen molar-refractivity contribution in [2.75, 3.05) is 5.32 Å². The highest BCUT2D eigenvalue weighted by molar-refractivity contribution is 7.16. The van der Waals surface area contributed by atoms with Crippen LogP contribution in [0.1, 0.15) is 66.0 Å². The van der Waals surface area contributed by atoms with Gasteiger partial charge in [-0.3, -0.25) is 10.1 Å². The number of halogens is 2. The van der Waals surface area contributed by atoms with Gasteiger partial charge in [0.2, 0.25) is 0 Å². The number of carboxylic acid groups (broad SMARTS) is 1. The fourth-order valence-corrected chi connectivity index (χ4v) is 5.19. The van der Waals surface area contributed by atoms with Crippen LogP contribution < -0.4 is 5.32 Å². The van der Waals surface area contributed by atoms with E-state index in [1.54, 1.807) is 0 Å². The summed E-state index contributed by atoms with van der Waals surface area (Å²) in [5.74, 6) is -4.01. The maximum atomic E-state index is 14.5. The largest absolute Gasteiger partial charge is 0.478 e. The van der Waals surface area contributed by atoms with Crippen molar-refractivity contribution in [1.29, 1.82) is 0 Å². The molecule has 0 saturated heterocycles. The van der Waals surface area contributed by atoms with E-state index in [-0.39, 0.29) is 16.6 Å². The molecule has 5 nitrogen and oxygen atoms in total. The smallest absolute Gasteiger partial charge is 0.331 e. The Balaban J connectivity index is 1.57. The monoisotopic (exact) mass is 510 g/mol. The number of amides is 1. The second kappa shape index (κ2) is 9.93. The number of carbonyl (C=O) groups is 2. The predicted octanol–water partition coefficient (Wildman–Crippen LogP) is 6.91. The number of anilines is 1. The van der Waals surface area contributed by atoms with Gasteiger partial charge in [0, 0.05) is 27.1 Å². The summed E-state index contributed by atoms with van der Waals surface area (Å²) in [6.45, 7) is 7.93. The molecule has 1 aromatic heterocycles. The molecule has 0 aliphatic heterocycles. The van der Waals surface area contributed by atoms with Crippen LogP contribution >= 0.6 is 11.3 Å². The molecule has 1 aliphatic carbocycles. The Morgan fingerprint density at radius 1 is 1.17 bits per heavy atom. The molecule has 0 fully saturated rings. The van der Waals surface area contributed by atoms with E-state index < -0.39 is 29.1 Å². The first-order chi connectivity index (χ1) is 16.9. The van der Waals surface area contributed by atoms with E-state index in [1.165, 1.54) is 29.4 Å². The molecule has 0 radical (unpaired) electrons. The molecule has 188 valence electrons. The van der Waals surface area contributed by atoms with Gasteiger partial charge in [0.1, 0.15) is 11.6 Å². The summed E-state index contributed by atoms with van der Waals surface area (Å²) in [7, 11) is 0. The van der Waals surface area contributed by atoms with Gasteiger partial charge in [0.15, 0.2) is 5.13 Å². The summed E-state index contributed by atoms with van der Waals surface area (Å²) in [4.78, 5) is 29.5. The number of nitrogens with zero attached hydrogens (tertiary/aromatic N) is 1. The SMILES string of the molecule is C/C(=C\c1c(F)cc(C(=O)Nc2nc3c(s2)CCc2c(CCC(C)(C)C)cccc2-3)cc1F)C(=O)O. The maximum absolute atomic E-state index is 14.5. The van der Waals surface area contributed by atoms with Crippen molar-refractivity contribution in [3.63, 3.8) is 0 Å². The summed E-state index contributed by atoms with van der Waals surface area (Å²) in [6.07, 6.45) is 4.68. The van der Waals surface area contributed by atoms with E-state index >= 15 is 0 Å². The van der Waals surface area contributed by atoms with Crippen molar-refractivity contribution in [3.05, 3.63) is 74.7 Å². The van der Waals surface area contributed by atoms with Gasteiger partial charge in [-0.25, -0.2) is 18.6 Å². The number of carbonyl (C=O) groups excluding carboxylic acids is 1. The number of aliphatic carboxylic acids is 1. The van der Waals surface area contributed by atoms with Crippen molar-refractivity contribution in [3.8, 4) is 11.3 Å². The summed E-state index contributed by atoms with van der Waals surface area (Å²) >= 11 is 1.36. The first-order valence-corrected chi connectivity index (χ1v) is 12.6. The fourth-order valence-electron chi connectivity index (χ4n) is 4.22. The van der Waals surface area contributed by atoms with E-state index in [0.29, 0.717) is 5.13 Å². The van der Waals surface area contributed by atoms with Crippen molar-refractivity contribution in [1.82, 2.24) is 4.98 Å². The summed E-state index contributed by atoms with van der Waals surface area (Å²) in [6, 6.07) is 8.05. The molecule has 0 atom stereocenters. The number of rotatable bonds is 6. The minimum atomic E-state index is -1.29. The van der Waals surface area contributed by atoms with Crippen LogP contribution in [0.2, 0.25) is 0 Å². The second-order valence-corrected chi connectivity index (χ2v) is 11.3. The number of aryl methyl sites for hydroxylation is 2. The summed E-state index contributed by atoms with van der Waals surface area (Å²) in [5.41, 5.74) is 3.83. The van der Waals surface area contributed by atoms with Crippen molar-refractivity contribution >= 4 is 34.4 Å². The van der Waals surface area contributed by atoms with Gasteiger partial charge in [0.25, 0.3) is 5.91 Å². The zero-order valence-corrected chi connectivity index (χ0v) is 21.5. The van der Waals surface area contributed by atoms with Gasteiger partial charge in [-0.2, -0.15) is 0 Å². The molecule has 2 N–H and O–H groups in total. The standard InChI is InChI=1S/C28H28F2N2O3S/c1-15(26(34)35)12-20-21(29)13-17(14-22(20)30)25(33)32-27-31-24-19-7-5-6-16(10-11-28(2,3)4)18(19)8-9-23(24)36-27/h5-7,12-14H,8-11H2,1-4H3,(H,34,35)(H,31,32,33)/b15-12+. The second-order valence-electron chi connectivity index (χ2n) is 10.2. The minimum Gasteiger partial charge on any atom is -0.478 e. The van der Waals surface area contributed by atoms with E-state index in [2.05, 4.69) is 43.2 Å². The van der Waals surface area contributed by atoms with E-state index in [1.807, 2.05) is 6.07 Å². The van der Waals surface area contributed by atoms with E-state index in [0.717, 1.165) is 60.0 Å². The van der Waals surface area contributed by atoms with Crippen LogP contribution in [0.3, 0.4) is 0 Å². The highest BCUT2D eigenvalue weighted by Gasteiger charge is 2.24. The molecular formula is C28H28F2N2O3S. The molecule has 0 bridgehead atoms. The van der Waals surface area contributed by atoms with Gasteiger partial charge in [-0.1, -0.05) is 39.0 Å². The molecule has 0 spiro atoms. The zero-order valence-electron chi connectivity index (χ0n) is 20.7. The topological polar surface area (TPSA) is 79.3 Å². The molecule has 8 heteroatoms. The number of fused-ring (bicyclic) bond motifs is 3. The highest BCUT2D eigenvalue weighted by Crippen LogP contribution is 2.40. The van der Waals surface area contributed by atoms with Crippen molar-refractivity contribution in [2.45, 2.75) is 53.4 Å². The zero-order chi connectivity index (χ0) is 26.2. The Morgan fingerprint density at radius 2 is 1.86 bits per heavy atom. The number of benzene rings is 2. The first-order valence-electron chi connectivity index (χ1n) is 11.8. The number of carboxylic acids is 1. The van der Waals surface area contributed by atoms with Crippen LogP contribution in [-0.2, 0) is 24.1 Å². The highest BCUT2D eigenvalue weighted by atomic mass is 32.1. The van der Waals surface area contributed by atoms with Crippen LogP contribution in [0, 0.1) is 17.0 Å². The fraction of sp³-hybridized carbons (Fsp3) is 0.321. The quantitative estimate of drug-likeness (QED) is 0.353. The Bertz CT molecular complexity index is 1360. The van der Waals surface area contributed by atoms with Gasteiger partial charge < -0.3 is 5.11 Å². The van der Waals surface area contributed by atoms with Crippen LogP contribution in [0.15, 0.2) is 35.9 Å². The Kier molecular flexibility index (Phi) is 7.09.